The van der Waals surface area contributed by atoms with Crippen molar-refractivity contribution < 1.29 is 4.39 Å². The number of hydrogen-bond donors (Lipinski definition) is 4. The first-order valence-corrected chi connectivity index (χ1v) is 11.4. The molecule has 3 aliphatic heterocycles. The lowest BCUT2D eigenvalue weighted by Crippen LogP contribution is -2.48. The van der Waals surface area contributed by atoms with Crippen molar-refractivity contribution in [2.45, 2.75) is 63.6 Å². The molecule has 9 heteroatoms. The number of hydrogen-bond acceptors (Lipinski definition) is 7. The Morgan fingerprint density at radius 3 is 2.87 bits per heavy atom. The number of piperidine rings is 2. The van der Waals surface area contributed by atoms with E-state index < -0.39 is 6.17 Å². The van der Waals surface area contributed by atoms with E-state index in [1.54, 1.807) is 0 Å². The zero-order valence-electron chi connectivity index (χ0n) is 18.3. The van der Waals surface area contributed by atoms with Crippen LogP contribution in [0.2, 0.25) is 0 Å². The van der Waals surface area contributed by atoms with Crippen molar-refractivity contribution in [3.8, 4) is 0 Å². The van der Waals surface area contributed by atoms with Gasteiger partial charge in [0.05, 0.1) is 24.5 Å². The second-order valence-electron chi connectivity index (χ2n) is 9.24. The number of aromatic nitrogens is 3. The Morgan fingerprint density at radius 1 is 1.23 bits per heavy atom. The maximum absolute atomic E-state index is 14.2. The van der Waals surface area contributed by atoms with Gasteiger partial charge in [-0.15, -0.1) is 0 Å². The van der Waals surface area contributed by atoms with Crippen molar-refractivity contribution in [2.24, 2.45) is 11.7 Å². The molecule has 0 bridgehead atoms. The fourth-order valence-electron chi connectivity index (χ4n) is 5.32. The summed E-state index contributed by atoms with van der Waals surface area (Å²) in [5, 5.41) is 8.10. The molecule has 0 spiro atoms. The fourth-order valence-corrected chi connectivity index (χ4v) is 5.32. The Labute approximate surface area is 182 Å². The van der Waals surface area contributed by atoms with Crippen LogP contribution in [0.15, 0.2) is 24.5 Å². The van der Waals surface area contributed by atoms with Gasteiger partial charge in [0.2, 0.25) is 0 Å². The van der Waals surface area contributed by atoms with Gasteiger partial charge in [0, 0.05) is 55.4 Å². The molecule has 3 saturated heterocycles. The van der Waals surface area contributed by atoms with Crippen molar-refractivity contribution in [3.05, 3.63) is 41.3 Å². The van der Waals surface area contributed by atoms with Crippen molar-refractivity contribution in [1.82, 2.24) is 30.9 Å². The standard InChI is InChI=1S/C22H33FN8/c1-3-31-10-14(8-26-31)19-7-17-20(9-25-19)28-29-21(17)18-5-4-13(2)22(27-18)30-11-15(23)6-16(24)12-30/h4-5,8,10,15-17,19-21,25,28-29H,3,6-7,9,11-12,24H2,1-2H3/t15-,16+,17?,19?,20?,21?/m1/s1. The average Bonchev–Trinajstić information content (AvgIpc) is 3.40. The quantitative estimate of drug-likeness (QED) is 0.584. The number of anilines is 1. The van der Waals surface area contributed by atoms with Crippen LogP contribution in [0.25, 0.3) is 0 Å². The van der Waals surface area contributed by atoms with Crippen LogP contribution >= 0.6 is 0 Å². The number of rotatable bonds is 4. The third-order valence-electron chi connectivity index (χ3n) is 6.98. The van der Waals surface area contributed by atoms with Crippen LogP contribution in [0.4, 0.5) is 10.2 Å². The summed E-state index contributed by atoms with van der Waals surface area (Å²) < 4.78 is 16.1. The van der Waals surface area contributed by atoms with E-state index in [0.717, 1.165) is 36.6 Å². The Balaban J connectivity index is 1.37. The van der Waals surface area contributed by atoms with Gasteiger partial charge in [0.15, 0.2) is 0 Å². The molecule has 0 amide bonds. The number of aryl methyl sites for hydroxylation is 2. The molecule has 0 radical (unpaired) electrons. The lowest BCUT2D eigenvalue weighted by atomic mass is 9.82. The number of nitrogens with one attached hydrogen (secondary N) is 3. The van der Waals surface area contributed by atoms with E-state index in [1.807, 2.05) is 22.7 Å². The maximum Gasteiger partial charge on any atom is 0.131 e. The molecule has 31 heavy (non-hydrogen) atoms. The fraction of sp³-hybridized carbons (Fsp3) is 0.636. The molecular formula is C22H33FN8. The lowest BCUT2D eigenvalue weighted by molar-refractivity contribution is 0.263. The normalized spacial score (nSPS) is 33.5. The van der Waals surface area contributed by atoms with Crippen LogP contribution in [0.1, 0.15) is 48.7 Å². The highest BCUT2D eigenvalue weighted by molar-refractivity contribution is 5.48. The highest BCUT2D eigenvalue weighted by Crippen LogP contribution is 2.38. The summed E-state index contributed by atoms with van der Waals surface area (Å²) >= 11 is 0. The van der Waals surface area contributed by atoms with Gasteiger partial charge in [-0.3, -0.25) is 10.1 Å². The second-order valence-corrected chi connectivity index (χ2v) is 9.24. The van der Waals surface area contributed by atoms with E-state index in [0.29, 0.717) is 31.5 Å². The monoisotopic (exact) mass is 428 g/mol. The summed E-state index contributed by atoms with van der Waals surface area (Å²) in [5.41, 5.74) is 16.3. The van der Waals surface area contributed by atoms with Crippen molar-refractivity contribution >= 4 is 5.82 Å². The molecular weight excluding hydrogens is 395 g/mol. The predicted octanol–water partition coefficient (Wildman–Crippen LogP) is 1.35. The molecule has 0 saturated carbocycles. The molecule has 5 rings (SSSR count). The smallest absolute Gasteiger partial charge is 0.131 e. The molecule has 3 aliphatic rings. The van der Waals surface area contributed by atoms with Gasteiger partial charge >= 0.3 is 0 Å². The van der Waals surface area contributed by atoms with Gasteiger partial charge in [-0.1, -0.05) is 6.07 Å². The number of nitrogens with zero attached hydrogens (tertiary/aromatic N) is 4. The van der Waals surface area contributed by atoms with E-state index in [9.17, 15) is 4.39 Å². The zero-order valence-corrected chi connectivity index (χ0v) is 18.3. The van der Waals surface area contributed by atoms with Crippen molar-refractivity contribution in [1.29, 1.82) is 0 Å². The summed E-state index contributed by atoms with van der Waals surface area (Å²) in [4.78, 5) is 7.03. The van der Waals surface area contributed by atoms with Crippen molar-refractivity contribution in [2.75, 3.05) is 24.5 Å². The number of nitrogens with two attached hydrogens (primary N) is 1. The molecule has 0 aliphatic carbocycles. The molecule has 2 aromatic heterocycles. The SMILES string of the molecule is CCn1cc(C2CC3C(CN2)NNC3c2ccc(C)c(N3C[C@@H](N)C[C@@H](F)C3)n2)cn1. The van der Waals surface area contributed by atoms with E-state index in [2.05, 4.69) is 46.5 Å². The number of fused-ring (bicyclic) bond motifs is 1. The number of hydrazine groups is 1. The predicted molar refractivity (Wildman–Crippen MR) is 118 cm³/mol. The Bertz CT molecular complexity index is 907. The number of pyridine rings is 1. The summed E-state index contributed by atoms with van der Waals surface area (Å²) in [5.74, 6) is 1.26. The number of halogens is 1. The van der Waals surface area contributed by atoms with E-state index in [4.69, 9.17) is 10.7 Å². The first-order chi connectivity index (χ1) is 15.0. The maximum atomic E-state index is 14.2. The minimum Gasteiger partial charge on any atom is -0.352 e. The molecule has 8 nitrogen and oxygen atoms in total. The van der Waals surface area contributed by atoms with Crippen LogP contribution in [0, 0.1) is 12.8 Å². The third kappa shape index (κ3) is 4.07. The Morgan fingerprint density at radius 2 is 2.10 bits per heavy atom. The number of alkyl halides is 1. The minimum absolute atomic E-state index is 0.106. The lowest BCUT2D eigenvalue weighted by Gasteiger charge is -2.36. The molecule has 4 unspecified atom stereocenters. The van der Waals surface area contributed by atoms with Gasteiger partial charge in [0.25, 0.3) is 0 Å². The van der Waals surface area contributed by atoms with Gasteiger partial charge in [-0.2, -0.15) is 5.10 Å². The Kier molecular flexibility index (Phi) is 5.68. The molecule has 3 fully saturated rings. The summed E-state index contributed by atoms with van der Waals surface area (Å²) in [7, 11) is 0. The average molecular weight is 429 g/mol. The summed E-state index contributed by atoms with van der Waals surface area (Å²) in [6.45, 7) is 6.91. The zero-order chi connectivity index (χ0) is 21.5. The largest absolute Gasteiger partial charge is 0.352 e. The first kappa shape index (κ1) is 20.8. The second kappa shape index (κ2) is 8.46. The van der Waals surface area contributed by atoms with Gasteiger partial charge in [0.1, 0.15) is 12.0 Å². The van der Waals surface area contributed by atoms with E-state index in [1.165, 1.54) is 5.56 Å². The van der Waals surface area contributed by atoms with E-state index >= 15 is 0 Å². The molecule has 5 heterocycles. The highest BCUT2D eigenvalue weighted by Gasteiger charge is 2.42. The van der Waals surface area contributed by atoms with Crippen LogP contribution in [0.3, 0.4) is 0 Å². The molecule has 168 valence electrons. The first-order valence-electron chi connectivity index (χ1n) is 11.4. The van der Waals surface area contributed by atoms with Crippen LogP contribution in [-0.2, 0) is 6.54 Å². The van der Waals surface area contributed by atoms with Gasteiger partial charge in [-0.05, 0) is 38.3 Å². The van der Waals surface area contributed by atoms with Crippen molar-refractivity contribution in [3.63, 3.8) is 0 Å². The topological polar surface area (TPSA) is 96.1 Å². The van der Waals surface area contributed by atoms with Crippen LogP contribution < -0.4 is 26.8 Å². The highest BCUT2D eigenvalue weighted by atomic mass is 19.1. The third-order valence-corrected chi connectivity index (χ3v) is 6.98. The molecule has 6 atom stereocenters. The van der Waals surface area contributed by atoms with E-state index in [-0.39, 0.29) is 18.1 Å². The Hall–Kier alpha value is -2.07. The minimum atomic E-state index is -0.904. The summed E-state index contributed by atoms with van der Waals surface area (Å²) in [6.07, 6.45) is 4.63. The van der Waals surface area contributed by atoms with Gasteiger partial charge < -0.3 is 16.0 Å². The molecule has 0 aromatic carbocycles. The van der Waals surface area contributed by atoms with Crippen LogP contribution in [0.5, 0.6) is 0 Å². The van der Waals surface area contributed by atoms with Crippen LogP contribution in [-0.4, -0.2) is 52.7 Å². The molecule has 2 aromatic rings. The molecule has 5 N–H and O–H groups in total. The summed E-state index contributed by atoms with van der Waals surface area (Å²) in [6, 6.07) is 4.77. The van der Waals surface area contributed by atoms with Gasteiger partial charge in [-0.25, -0.2) is 14.8 Å².